The van der Waals surface area contributed by atoms with Crippen LogP contribution in [0.3, 0.4) is 0 Å². The van der Waals surface area contributed by atoms with Crippen LogP contribution in [0.4, 0.5) is 0 Å². The number of phosphoric acid groups is 2. The van der Waals surface area contributed by atoms with Crippen molar-refractivity contribution in [2.75, 3.05) is 39.6 Å². The first-order valence-corrected chi connectivity index (χ1v) is 44.7. The number of phosphoric ester groups is 2. The maximum Gasteiger partial charge on any atom is 0.472 e. The van der Waals surface area contributed by atoms with Crippen LogP contribution in [0, 0.1) is 0 Å². The van der Waals surface area contributed by atoms with Gasteiger partial charge < -0.3 is 33.8 Å². The van der Waals surface area contributed by atoms with Crippen molar-refractivity contribution in [2.24, 2.45) is 0 Å². The van der Waals surface area contributed by atoms with Gasteiger partial charge in [-0.15, -0.1) is 0 Å². The molecule has 0 bridgehead atoms. The number of aliphatic hydroxyl groups excluding tert-OH is 1. The van der Waals surface area contributed by atoms with Gasteiger partial charge in [-0.3, -0.25) is 37.3 Å². The number of allylic oxidation sites excluding steroid dienone is 32. The second-order valence-corrected chi connectivity index (χ2v) is 29.9. The monoisotopic (exact) mass is 1570 g/mol. The largest absolute Gasteiger partial charge is 0.472 e. The fourth-order valence-corrected chi connectivity index (χ4v) is 11.7. The molecule has 0 rings (SSSR count). The average molecular weight is 1570 g/mol. The molecule has 17 nitrogen and oxygen atoms in total. The Morgan fingerprint density at radius 1 is 0.255 bits per heavy atom. The molecule has 110 heavy (non-hydrogen) atoms. The van der Waals surface area contributed by atoms with Crippen molar-refractivity contribution in [1.29, 1.82) is 0 Å². The fraction of sp³-hybridized carbons (Fsp3) is 0.604. The highest BCUT2D eigenvalue weighted by Gasteiger charge is 2.30. The van der Waals surface area contributed by atoms with E-state index < -0.39 is 97.5 Å². The maximum absolute atomic E-state index is 13.1. The Morgan fingerprint density at radius 3 is 0.764 bits per heavy atom. The Morgan fingerprint density at radius 2 is 0.464 bits per heavy atom. The highest BCUT2D eigenvalue weighted by molar-refractivity contribution is 7.47. The molecule has 5 atom stereocenters. The highest BCUT2D eigenvalue weighted by Crippen LogP contribution is 2.45. The van der Waals surface area contributed by atoms with Crippen molar-refractivity contribution >= 4 is 39.5 Å². The Kier molecular flexibility index (Phi) is 76.4. The second-order valence-electron chi connectivity index (χ2n) is 27.0. The van der Waals surface area contributed by atoms with Gasteiger partial charge in [0.05, 0.1) is 26.4 Å². The normalized spacial score (nSPS) is 14.8. The quantitative estimate of drug-likeness (QED) is 0.0169. The first-order chi connectivity index (χ1) is 53.7. The molecule has 0 aliphatic carbocycles. The van der Waals surface area contributed by atoms with E-state index in [9.17, 15) is 43.2 Å². The highest BCUT2D eigenvalue weighted by atomic mass is 31.2. The van der Waals surface area contributed by atoms with Gasteiger partial charge in [-0.1, -0.05) is 299 Å². The Balaban J connectivity index is 5.60. The summed E-state index contributed by atoms with van der Waals surface area (Å²) >= 11 is 0. The standard InChI is InChI=1S/C91H146O17P2/c1-5-9-13-17-21-25-29-33-36-39-42-45-48-52-56-60-64-68-72-76-89(94)102-82-87(108-91(96)78-74-70-66-62-58-54-50-47-44-41-38-35-31-27-23-19-15-11-7-3)84-106-110(99,100)104-80-85(92)79-103-109(97,98)105-83-86(81-101-88(93)75-71-67-63-59-55-51-32-28-24-20-16-12-8-4)107-90(95)77-73-69-65-61-57-53-49-46-43-40-37-34-30-26-22-18-14-10-6-2/h21-23,25-28,32-38,42-47,52-54,56-58,64-66,68-70,85-87,92H,5-20,24,29-31,39-41,48-51,55,59-63,67,71-84H2,1-4H3,(H,97,98)(H,99,100)/b25-21-,26-22-,27-23-,32-28-,36-33-,37-34-,38-35-,45-42-,46-43-,47-44-,56-52-,57-53-,58-54-,68-64-,69-65-,70-66-/t85-,86+,87+/m0/s1. The predicted molar refractivity (Wildman–Crippen MR) is 454 cm³/mol. The van der Waals surface area contributed by atoms with Gasteiger partial charge in [0.15, 0.2) is 12.2 Å². The number of carbonyl (C=O) groups excluding carboxylic acids is 4. The van der Waals surface area contributed by atoms with E-state index in [0.29, 0.717) is 44.9 Å². The van der Waals surface area contributed by atoms with Crippen molar-refractivity contribution in [1.82, 2.24) is 0 Å². The molecule has 0 amide bonds. The van der Waals surface area contributed by atoms with Crippen molar-refractivity contribution in [3.8, 4) is 0 Å². The molecular formula is C91H146O17P2. The summed E-state index contributed by atoms with van der Waals surface area (Å²) in [7, 11) is -10.1. The smallest absolute Gasteiger partial charge is 0.462 e. The van der Waals surface area contributed by atoms with Crippen LogP contribution in [-0.2, 0) is 65.4 Å². The molecular weight excluding hydrogens is 1430 g/mol. The van der Waals surface area contributed by atoms with Crippen LogP contribution in [0.2, 0.25) is 0 Å². The van der Waals surface area contributed by atoms with E-state index in [1.54, 1.807) is 0 Å². The number of aliphatic hydroxyl groups is 1. The summed E-state index contributed by atoms with van der Waals surface area (Å²) in [5, 5.41) is 10.7. The van der Waals surface area contributed by atoms with Gasteiger partial charge in [-0.05, 0) is 167 Å². The first-order valence-electron chi connectivity index (χ1n) is 41.7. The van der Waals surface area contributed by atoms with E-state index in [1.807, 2.05) is 54.7 Å². The van der Waals surface area contributed by atoms with Gasteiger partial charge in [-0.25, -0.2) is 9.13 Å². The van der Waals surface area contributed by atoms with Crippen LogP contribution in [0.1, 0.15) is 297 Å². The fourth-order valence-electron chi connectivity index (χ4n) is 10.2. The maximum atomic E-state index is 13.1. The number of ether oxygens (including phenoxy) is 4. The molecule has 0 aliphatic rings. The molecule has 3 N–H and O–H groups in total. The van der Waals surface area contributed by atoms with Gasteiger partial charge in [0.2, 0.25) is 0 Å². The molecule has 622 valence electrons. The lowest BCUT2D eigenvalue weighted by molar-refractivity contribution is -0.161. The molecule has 0 radical (unpaired) electrons. The van der Waals surface area contributed by atoms with Crippen LogP contribution < -0.4 is 0 Å². The van der Waals surface area contributed by atoms with Gasteiger partial charge >= 0.3 is 39.5 Å². The van der Waals surface area contributed by atoms with Gasteiger partial charge in [0.25, 0.3) is 0 Å². The summed E-state index contributed by atoms with van der Waals surface area (Å²) in [6, 6.07) is 0. The third kappa shape index (κ3) is 80.0. The number of hydrogen-bond donors (Lipinski definition) is 3. The van der Waals surface area contributed by atoms with E-state index in [4.69, 9.17) is 37.0 Å². The minimum Gasteiger partial charge on any atom is -0.462 e. The summed E-state index contributed by atoms with van der Waals surface area (Å²) < 4.78 is 68.4. The molecule has 0 saturated carbocycles. The number of hydrogen-bond acceptors (Lipinski definition) is 15. The van der Waals surface area contributed by atoms with Crippen molar-refractivity contribution in [3.05, 3.63) is 194 Å². The van der Waals surface area contributed by atoms with Crippen molar-refractivity contribution in [2.45, 2.75) is 316 Å². The summed E-state index contributed by atoms with van der Waals surface area (Å²) in [4.78, 5) is 73.0. The van der Waals surface area contributed by atoms with Crippen LogP contribution in [0.25, 0.3) is 0 Å². The van der Waals surface area contributed by atoms with E-state index >= 15 is 0 Å². The number of esters is 4. The minimum absolute atomic E-state index is 0.0130. The van der Waals surface area contributed by atoms with Crippen LogP contribution in [0.15, 0.2) is 194 Å². The van der Waals surface area contributed by atoms with Crippen LogP contribution in [-0.4, -0.2) is 96.7 Å². The summed E-state index contributed by atoms with van der Waals surface area (Å²) in [6.07, 6.45) is 100. The molecule has 2 unspecified atom stereocenters. The predicted octanol–water partition coefficient (Wildman–Crippen LogP) is 24.9. The molecule has 0 aromatic carbocycles. The first kappa shape index (κ1) is 104. The van der Waals surface area contributed by atoms with Crippen LogP contribution >= 0.6 is 15.6 Å². The van der Waals surface area contributed by atoms with Gasteiger partial charge in [0.1, 0.15) is 19.3 Å². The molecule has 0 aromatic rings. The molecule has 19 heteroatoms. The Hall–Kier alpha value is -6.10. The third-order valence-electron chi connectivity index (χ3n) is 16.5. The lowest BCUT2D eigenvalue weighted by Crippen LogP contribution is -2.30. The second kappa shape index (κ2) is 80.9. The van der Waals surface area contributed by atoms with Crippen molar-refractivity contribution in [3.63, 3.8) is 0 Å². The van der Waals surface area contributed by atoms with Crippen molar-refractivity contribution < 1.29 is 80.2 Å². The van der Waals surface area contributed by atoms with Gasteiger partial charge in [0, 0.05) is 25.7 Å². The molecule has 0 aromatic heterocycles. The summed E-state index contributed by atoms with van der Waals surface area (Å²) in [5.74, 6) is -2.49. The lowest BCUT2D eigenvalue weighted by Gasteiger charge is -2.21. The average Bonchev–Trinajstić information content (AvgIpc) is 0.906. The molecule has 0 saturated heterocycles. The summed E-state index contributed by atoms with van der Waals surface area (Å²) in [5.41, 5.74) is 0. The SMILES string of the molecule is CCCCC/C=C\C/C=C\C/C=C\C/C=C\C/C=C\CCC(=O)OC[C@H](COP(=O)(O)OC[C@@H](O)COP(=O)(O)OC[C@@H](COC(=O)CCCCCCC/C=C\CCCCCC)OC(=O)CC/C=C\C/C=C\C/C=C\C/C=C\C/C=C\CCCCC)OC(=O)CC/C=C\C/C=C\C/C=C\C/C=C\C/C=C\CCCCC. The molecule has 0 fully saturated rings. The Labute approximate surface area is 666 Å². The zero-order valence-electron chi connectivity index (χ0n) is 68.1. The molecule has 0 spiro atoms. The summed E-state index contributed by atoms with van der Waals surface area (Å²) in [6.45, 7) is 4.49. The van der Waals surface area contributed by atoms with Gasteiger partial charge in [-0.2, -0.15) is 0 Å². The number of unbranched alkanes of at least 4 members (excludes halogenated alkanes) is 18. The zero-order valence-corrected chi connectivity index (χ0v) is 69.9. The topological polar surface area (TPSA) is 237 Å². The number of rotatable bonds is 76. The third-order valence-corrected chi connectivity index (χ3v) is 18.4. The zero-order chi connectivity index (χ0) is 80.3. The van der Waals surface area contributed by atoms with E-state index in [0.717, 1.165) is 116 Å². The number of carbonyl (C=O) groups is 4. The van der Waals surface area contributed by atoms with E-state index in [-0.39, 0.29) is 25.7 Å². The van der Waals surface area contributed by atoms with Crippen LogP contribution in [0.5, 0.6) is 0 Å². The van der Waals surface area contributed by atoms with E-state index in [2.05, 4.69) is 167 Å². The minimum atomic E-state index is -5.03. The lowest BCUT2D eigenvalue weighted by atomic mass is 10.1. The molecule has 0 heterocycles. The van der Waals surface area contributed by atoms with E-state index in [1.165, 1.54) is 83.5 Å². The Bertz CT molecular complexity index is 2850. The molecule has 0 aliphatic heterocycles.